The molecular weight excluding hydrogens is 344 g/mol. The summed E-state index contributed by atoms with van der Waals surface area (Å²) in [6.45, 7) is 8.26. The van der Waals surface area contributed by atoms with Gasteiger partial charge in [-0.1, -0.05) is 45.0 Å². The second-order valence-electron chi connectivity index (χ2n) is 7.94. The van der Waals surface area contributed by atoms with Crippen molar-refractivity contribution in [2.75, 3.05) is 0 Å². The highest BCUT2D eigenvalue weighted by atomic mass is 16.4. The van der Waals surface area contributed by atoms with E-state index >= 15 is 0 Å². The highest BCUT2D eigenvalue weighted by molar-refractivity contribution is 5.74. The third-order valence-electron chi connectivity index (χ3n) is 4.92. The summed E-state index contributed by atoms with van der Waals surface area (Å²) >= 11 is 0. The average molecular weight is 366 g/mol. The minimum absolute atomic E-state index is 0.214. The summed E-state index contributed by atoms with van der Waals surface area (Å²) in [7, 11) is 1.62. The van der Waals surface area contributed by atoms with Gasteiger partial charge in [0.25, 0.3) is 5.56 Å². The van der Waals surface area contributed by atoms with Gasteiger partial charge in [-0.25, -0.2) is 4.79 Å². The van der Waals surface area contributed by atoms with Crippen molar-refractivity contribution in [2.24, 2.45) is 7.05 Å². The summed E-state index contributed by atoms with van der Waals surface area (Å²) in [4.78, 5) is 30.4. The average Bonchev–Trinajstić information content (AvgIpc) is 3.16. The summed E-state index contributed by atoms with van der Waals surface area (Å²) < 4.78 is 10.1. The molecule has 0 saturated carbocycles. The molecule has 4 rings (SSSR count). The van der Waals surface area contributed by atoms with Crippen LogP contribution >= 0.6 is 0 Å². The normalized spacial score (nSPS) is 12.3. The van der Waals surface area contributed by atoms with Crippen LogP contribution in [0.25, 0.3) is 17.0 Å². The molecule has 7 nitrogen and oxygen atoms in total. The molecule has 0 saturated heterocycles. The molecule has 0 aliphatic carbocycles. The zero-order valence-corrected chi connectivity index (χ0v) is 16.1. The Morgan fingerprint density at radius 1 is 1.15 bits per heavy atom. The van der Waals surface area contributed by atoms with E-state index in [4.69, 9.17) is 4.42 Å². The standard InChI is InChI=1S/C20H22N4O3/c1-12-8-6-7-9-13(12)10-24-17(25)15-16(22(5)19(24)26)21-18-23(15)11-14(27-18)20(2,3)4/h6-9,11H,10H2,1-5H3. The fraction of sp³-hybridized carbons (Fsp3) is 0.350. The van der Waals surface area contributed by atoms with Crippen molar-refractivity contribution in [1.82, 2.24) is 18.5 Å². The Labute approximate surface area is 155 Å². The molecule has 0 atom stereocenters. The number of aryl methyl sites for hydroxylation is 2. The number of nitrogens with zero attached hydrogens (tertiary/aromatic N) is 4. The summed E-state index contributed by atoms with van der Waals surface area (Å²) in [5.74, 6) is 1.04. The second kappa shape index (κ2) is 5.70. The van der Waals surface area contributed by atoms with Crippen molar-refractivity contribution in [2.45, 2.75) is 39.7 Å². The predicted molar refractivity (Wildman–Crippen MR) is 103 cm³/mol. The van der Waals surface area contributed by atoms with Gasteiger partial charge < -0.3 is 4.42 Å². The Morgan fingerprint density at radius 2 is 1.85 bits per heavy atom. The third-order valence-corrected chi connectivity index (χ3v) is 4.92. The van der Waals surface area contributed by atoms with Crippen molar-refractivity contribution < 1.29 is 4.42 Å². The van der Waals surface area contributed by atoms with E-state index in [1.807, 2.05) is 52.0 Å². The molecule has 0 fully saturated rings. The third kappa shape index (κ3) is 2.61. The van der Waals surface area contributed by atoms with E-state index in [1.54, 1.807) is 17.6 Å². The zero-order chi connectivity index (χ0) is 19.5. The predicted octanol–water partition coefficient (Wildman–Crippen LogP) is 2.60. The SMILES string of the molecule is Cc1ccccc1Cn1c(=O)c2c(nc3oc(C(C)(C)C)cn32)n(C)c1=O. The maximum absolute atomic E-state index is 13.2. The zero-order valence-electron chi connectivity index (χ0n) is 16.1. The number of oxazole rings is 1. The van der Waals surface area contributed by atoms with E-state index < -0.39 is 5.69 Å². The van der Waals surface area contributed by atoms with Crippen LogP contribution in [0.5, 0.6) is 0 Å². The van der Waals surface area contributed by atoms with E-state index in [-0.39, 0.29) is 17.5 Å². The van der Waals surface area contributed by atoms with Crippen LogP contribution in [-0.2, 0) is 19.0 Å². The van der Waals surface area contributed by atoms with Crippen LogP contribution in [0.1, 0.15) is 37.7 Å². The number of imidazole rings is 1. The van der Waals surface area contributed by atoms with Gasteiger partial charge in [0.05, 0.1) is 12.7 Å². The molecule has 0 aliphatic rings. The molecular formula is C20H22N4O3. The Hall–Kier alpha value is -3.09. The van der Waals surface area contributed by atoms with Crippen molar-refractivity contribution in [1.29, 1.82) is 0 Å². The van der Waals surface area contributed by atoms with Crippen LogP contribution in [0.3, 0.4) is 0 Å². The molecule has 0 aliphatic heterocycles. The first kappa shape index (κ1) is 17.3. The summed E-state index contributed by atoms with van der Waals surface area (Å²) in [6.07, 6.45) is 1.79. The first-order valence-corrected chi connectivity index (χ1v) is 8.85. The monoisotopic (exact) mass is 366 g/mol. The molecule has 0 bridgehead atoms. The molecule has 140 valence electrons. The van der Waals surface area contributed by atoms with Crippen molar-refractivity contribution in [3.63, 3.8) is 0 Å². The van der Waals surface area contributed by atoms with Gasteiger partial charge in [-0.15, -0.1) is 0 Å². The molecule has 0 unspecified atom stereocenters. The number of aromatic nitrogens is 4. The molecule has 0 N–H and O–H groups in total. The van der Waals surface area contributed by atoms with Crippen LogP contribution in [-0.4, -0.2) is 18.5 Å². The largest absolute Gasteiger partial charge is 0.428 e. The molecule has 4 aromatic rings. The number of rotatable bonds is 2. The maximum Gasteiger partial charge on any atom is 0.332 e. The lowest BCUT2D eigenvalue weighted by molar-refractivity contribution is 0.425. The van der Waals surface area contributed by atoms with Crippen LogP contribution in [0, 0.1) is 6.92 Å². The fourth-order valence-corrected chi connectivity index (χ4v) is 3.20. The lowest BCUT2D eigenvalue weighted by atomic mass is 9.94. The first-order valence-electron chi connectivity index (χ1n) is 8.85. The van der Waals surface area contributed by atoms with Gasteiger partial charge in [-0.2, -0.15) is 4.98 Å². The first-order chi connectivity index (χ1) is 12.7. The Bertz CT molecular complexity index is 1300. The number of hydrogen-bond donors (Lipinski definition) is 0. The number of fused-ring (bicyclic) bond motifs is 3. The van der Waals surface area contributed by atoms with Crippen molar-refractivity contribution in [3.05, 3.63) is 68.2 Å². The molecule has 3 aromatic heterocycles. The van der Waals surface area contributed by atoms with Crippen LogP contribution in [0.2, 0.25) is 0 Å². The lowest BCUT2D eigenvalue weighted by Gasteiger charge is -2.13. The quantitative estimate of drug-likeness (QED) is 0.546. The Balaban J connectivity index is 2.01. The molecule has 0 radical (unpaired) electrons. The minimum Gasteiger partial charge on any atom is -0.428 e. The van der Waals surface area contributed by atoms with Crippen LogP contribution < -0.4 is 11.2 Å². The van der Waals surface area contributed by atoms with E-state index in [0.29, 0.717) is 17.0 Å². The second-order valence-corrected chi connectivity index (χ2v) is 7.94. The van der Waals surface area contributed by atoms with Gasteiger partial charge in [0.1, 0.15) is 5.76 Å². The minimum atomic E-state index is -0.396. The molecule has 1 aromatic carbocycles. The van der Waals surface area contributed by atoms with Gasteiger partial charge in [-0.3, -0.25) is 18.3 Å². The van der Waals surface area contributed by atoms with E-state index in [1.165, 1.54) is 9.13 Å². The van der Waals surface area contributed by atoms with Gasteiger partial charge in [0, 0.05) is 12.5 Å². The van der Waals surface area contributed by atoms with E-state index in [0.717, 1.165) is 16.9 Å². The molecule has 3 heterocycles. The maximum atomic E-state index is 13.2. The topological polar surface area (TPSA) is 74.4 Å². The summed E-state index contributed by atoms with van der Waals surface area (Å²) in [5.41, 5.74) is 1.65. The smallest absolute Gasteiger partial charge is 0.332 e. The van der Waals surface area contributed by atoms with Crippen molar-refractivity contribution >= 4 is 17.0 Å². The lowest BCUT2D eigenvalue weighted by Crippen LogP contribution is -2.39. The highest BCUT2D eigenvalue weighted by Gasteiger charge is 2.24. The van der Waals surface area contributed by atoms with Gasteiger partial charge in [-0.05, 0) is 18.1 Å². The van der Waals surface area contributed by atoms with E-state index in [2.05, 4.69) is 4.98 Å². The fourth-order valence-electron chi connectivity index (χ4n) is 3.20. The Kier molecular flexibility index (Phi) is 3.66. The number of benzene rings is 1. The van der Waals surface area contributed by atoms with Crippen molar-refractivity contribution in [3.8, 4) is 0 Å². The van der Waals surface area contributed by atoms with Gasteiger partial charge in [0.2, 0.25) is 0 Å². The van der Waals surface area contributed by atoms with Crippen LogP contribution in [0.4, 0.5) is 0 Å². The number of hydrogen-bond acceptors (Lipinski definition) is 4. The molecule has 27 heavy (non-hydrogen) atoms. The van der Waals surface area contributed by atoms with Gasteiger partial charge >= 0.3 is 11.5 Å². The summed E-state index contributed by atoms with van der Waals surface area (Å²) in [5, 5.41) is 0. The summed E-state index contributed by atoms with van der Waals surface area (Å²) in [6, 6.07) is 7.72. The van der Waals surface area contributed by atoms with Gasteiger partial charge in [0.15, 0.2) is 11.2 Å². The highest BCUT2D eigenvalue weighted by Crippen LogP contribution is 2.26. The molecule has 7 heteroatoms. The van der Waals surface area contributed by atoms with Crippen LogP contribution in [0.15, 0.2) is 44.5 Å². The molecule has 0 spiro atoms. The molecule has 0 amide bonds. The van der Waals surface area contributed by atoms with E-state index in [9.17, 15) is 9.59 Å². The Morgan fingerprint density at radius 3 is 2.52 bits per heavy atom.